The quantitative estimate of drug-likeness (QED) is 0.286. The van der Waals surface area contributed by atoms with E-state index in [1.807, 2.05) is 0 Å². The van der Waals surface area contributed by atoms with Crippen LogP contribution in [0.5, 0.6) is 0 Å². The Morgan fingerprint density at radius 3 is 2.36 bits per heavy atom. The van der Waals surface area contributed by atoms with E-state index in [0.717, 1.165) is 6.20 Å². The van der Waals surface area contributed by atoms with Crippen molar-refractivity contribution in [3.63, 3.8) is 0 Å². The van der Waals surface area contributed by atoms with Gasteiger partial charge in [0.25, 0.3) is 11.5 Å². The Morgan fingerprint density at radius 2 is 1.86 bits per heavy atom. The highest BCUT2D eigenvalue weighted by molar-refractivity contribution is 9.10. The van der Waals surface area contributed by atoms with Gasteiger partial charge < -0.3 is 14.8 Å². The smallest absolute Gasteiger partial charge is 0.350 e. The van der Waals surface area contributed by atoms with Gasteiger partial charge >= 0.3 is 11.9 Å². The second-order valence-electron chi connectivity index (χ2n) is 4.80. The van der Waals surface area contributed by atoms with Crippen LogP contribution in [0.15, 0.2) is 34.4 Å². The number of nitro groups is 1. The number of carbonyl (C=O) groups excluding carboxylic acids is 2. The first-order valence-corrected chi connectivity index (χ1v) is 6.86. The highest BCUT2D eigenvalue weighted by Gasteiger charge is 2.38. The number of nitrogens with zero attached hydrogens (tertiary/aromatic N) is 1. The number of esters is 2. The molecule has 9 heteroatoms. The van der Waals surface area contributed by atoms with Gasteiger partial charge in [0.2, 0.25) is 0 Å². The minimum atomic E-state index is -1.31. The fourth-order valence-corrected chi connectivity index (χ4v) is 2.14. The molecule has 2 rings (SSSR count). The number of rotatable bonds is 3. The molecule has 1 aliphatic rings. The van der Waals surface area contributed by atoms with Crippen molar-refractivity contribution in [2.45, 2.75) is 19.6 Å². The summed E-state index contributed by atoms with van der Waals surface area (Å²) in [6, 6.07) is 4.01. The Bertz CT molecular complexity index is 676. The van der Waals surface area contributed by atoms with Crippen LogP contribution in [0.2, 0.25) is 0 Å². The number of nitro benzene ring substituents is 1. The van der Waals surface area contributed by atoms with E-state index in [2.05, 4.69) is 21.2 Å². The van der Waals surface area contributed by atoms with Gasteiger partial charge in [0.1, 0.15) is 0 Å². The first-order valence-electron chi connectivity index (χ1n) is 6.07. The van der Waals surface area contributed by atoms with E-state index in [-0.39, 0.29) is 11.3 Å². The summed E-state index contributed by atoms with van der Waals surface area (Å²) in [6.45, 7) is 2.89. The van der Waals surface area contributed by atoms with Crippen molar-refractivity contribution in [3.8, 4) is 0 Å². The second kappa shape index (κ2) is 5.76. The maximum Gasteiger partial charge on any atom is 0.350 e. The molecule has 1 aromatic carbocycles. The van der Waals surface area contributed by atoms with E-state index >= 15 is 0 Å². The Balaban J connectivity index is 2.20. The van der Waals surface area contributed by atoms with Crippen LogP contribution < -0.4 is 5.32 Å². The number of ether oxygens (including phenoxy) is 2. The maximum atomic E-state index is 11.7. The number of cyclic esters (lactones) is 2. The maximum absolute atomic E-state index is 11.7. The Labute approximate surface area is 133 Å². The lowest BCUT2D eigenvalue weighted by molar-refractivity contribution is -0.384. The topological polar surface area (TPSA) is 108 Å². The zero-order valence-corrected chi connectivity index (χ0v) is 13.2. The van der Waals surface area contributed by atoms with Gasteiger partial charge in [-0.3, -0.25) is 10.1 Å². The fourth-order valence-electron chi connectivity index (χ4n) is 1.66. The van der Waals surface area contributed by atoms with Crippen LogP contribution in [-0.4, -0.2) is 22.6 Å². The number of halogens is 1. The summed E-state index contributed by atoms with van der Waals surface area (Å²) in [6.07, 6.45) is 1.13. The molecular weight excluding hydrogens is 360 g/mol. The predicted molar refractivity (Wildman–Crippen MR) is 78.8 cm³/mol. The molecule has 0 amide bonds. The lowest BCUT2D eigenvalue weighted by atomic mass is 10.2. The van der Waals surface area contributed by atoms with Crippen LogP contribution in [0.4, 0.5) is 11.4 Å². The molecule has 1 saturated heterocycles. The minimum Gasteiger partial charge on any atom is -0.419 e. The van der Waals surface area contributed by atoms with Crippen molar-refractivity contribution in [1.82, 2.24) is 0 Å². The molecule has 1 N–H and O–H groups in total. The average molecular weight is 371 g/mol. The molecular formula is C13H11BrN2O6. The van der Waals surface area contributed by atoms with Gasteiger partial charge in [-0.25, -0.2) is 9.59 Å². The molecule has 0 bridgehead atoms. The van der Waals surface area contributed by atoms with Crippen molar-refractivity contribution < 1.29 is 24.0 Å². The Morgan fingerprint density at radius 1 is 1.27 bits per heavy atom. The summed E-state index contributed by atoms with van der Waals surface area (Å²) in [5, 5.41) is 13.4. The molecule has 0 atom stereocenters. The number of carbonyl (C=O) groups is 2. The molecule has 0 spiro atoms. The Kier molecular flexibility index (Phi) is 4.18. The molecule has 0 aliphatic carbocycles. The van der Waals surface area contributed by atoms with Crippen molar-refractivity contribution in [3.05, 3.63) is 44.6 Å². The Hall–Kier alpha value is -2.42. The van der Waals surface area contributed by atoms with Crippen molar-refractivity contribution in [1.29, 1.82) is 0 Å². The van der Waals surface area contributed by atoms with Crippen LogP contribution in [0.3, 0.4) is 0 Å². The third-order valence-electron chi connectivity index (χ3n) is 2.65. The van der Waals surface area contributed by atoms with Crippen molar-refractivity contribution >= 4 is 39.2 Å². The molecule has 1 heterocycles. The van der Waals surface area contributed by atoms with E-state index in [1.165, 1.54) is 32.0 Å². The summed E-state index contributed by atoms with van der Waals surface area (Å²) in [5.74, 6) is -2.93. The standard InChI is InChI=1S/C13H11BrN2O6/c1-13(2)21-11(17)8(12(18)22-13)6-15-10-4-3-7(16(19)20)5-9(10)14/h3-6,15H,1-2H3. The summed E-state index contributed by atoms with van der Waals surface area (Å²) >= 11 is 3.16. The van der Waals surface area contributed by atoms with Gasteiger partial charge in [0.05, 0.1) is 10.6 Å². The largest absolute Gasteiger partial charge is 0.419 e. The third kappa shape index (κ3) is 3.42. The predicted octanol–water partition coefficient (Wildman–Crippen LogP) is 2.49. The molecule has 8 nitrogen and oxygen atoms in total. The van der Waals surface area contributed by atoms with Gasteiger partial charge in [-0.2, -0.15) is 0 Å². The average Bonchev–Trinajstić information content (AvgIpc) is 2.37. The van der Waals surface area contributed by atoms with E-state index < -0.39 is 22.6 Å². The third-order valence-corrected chi connectivity index (χ3v) is 3.31. The lowest BCUT2D eigenvalue weighted by Gasteiger charge is -2.29. The molecule has 22 heavy (non-hydrogen) atoms. The van der Waals surface area contributed by atoms with E-state index in [4.69, 9.17) is 9.47 Å². The van der Waals surface area contributed by atoms with Gasteiger partial charge in [-0.05, 0) is 22.0 Å². The molecule has 116 valence electrons. The number of nitrogens with one attached hydrogen (secondary N) is 1. The second-order valence-corrected chi connectivity index (χ2v) is 5.66. The summed E-state index contributed by atoms with van der Waals surface area (Å²) < 4.78 is 10.3. The SMILES string of the molecule is CC1(C)OC(=O)C(=CNc2ccc([N+](=O)[O-])cc2Br)C(=O)O1. The van der Waals surface area contributed by atoms with Crippen molar-refractivity contribution in [2.24, 2.45) is 0 Å². The van der Waals surface area contributed by atoms with Gasteiger partial charge in [0, 0.05) is 36.7 Å². The van der Waals surface area contributed by atoms with E-state index in [0.29, 0.717) is 10.2 Å². The zero-order chi connectivity index (χ0) is 16.5. The highest BCUT2D eigenvalue weighted by atomic mass is 79.9. The number of hydrogen-bond donors (Lipinski definition) is 1. The normalized spacial score (nSPS) is 16.6. The number of benzene rings is 1. The van der Waals surface area contributed by atoms with Crippen LogP contribution in [-0.2, 0) is 19.1 Å². The molecule has 0 saturated carbocycles. The summed E-state index contributed by atoms with van der Waals surface area (Å²) in [7, 11) is 0. The van der Waals surface area contributed by atoms with Crippen LogP contribution in [0.25, 0.3) is 0 Å². The zero-order valence-electron chi connectivity index (χ0n) is 11.6. The first-order chi connectivity index (χ1) is 10.2. The molecule has 1 aliphatic heterocycles. The van der Waals surface area contributed by atoms with Crippen LogP contribution in [0, 0.1) is 10.1 Å². The minimum absolute atomic E-state index is 0.0942. The molecule has 1 fully saturated rings. The lowest BCUT2D eigenvalue weighted by Crippen LogP contribution is -2.42. The van der Waals surface area contributed by atoms with Crippen LogP contribution >= 0.6 is 15.9 Å². The highest BCUT2D eigenvalue weighted by Crippen LogP contribution is 2.28. The van der Waals surface area contributed by atoms with Crippen molar-refractivity contribution in [2.75, 3.05) is 5.32 Å². The fraction of sp³-hybridized carbons (Fsp3) is 0.231. The number of non-ortho nitro benzene ring substituents is 1. The van der Waals surface area contributed by atoms with Gasteiger partial charge in [0.15, 0.2) is 5.57 Å². The van der Waals surface area contributed by atoms with Gasteiger partial charge in [-0.15, -0.1) is 0 Å². The summed E-state index contributed by atoms with van der Waals surface area (Å²) in [4.78, 5) is 33.6. The monoisotopic (exact) mass is 370 g/mol. The molecule has 1 aromatic rings. The van der Waals surface area contributed by atoms with Crippen LogP contribution in [0.1, 0.15) is 13.8 Å². The number of hydrogen-bond acceptors (Lipinski definition) is 7. The first kappa shape index (κ1) is 16.0. The van der Waals surface area contributed by atoms with E-state index in [9.17, 15) is 19.7 Å². The number of anilines is 1. The molecule has 0 radical (unpaired) electrons. The molecule has 0 unspecified atom stereocenters. The van der Waals surface area contributed by atoms with E-state index in [1.54, 1.807) is 0 Å². The molecule has 0 aromatic heterocycles. The van der Waals surface area contributed by atoms with Gasteiger partial charge in [-0.1, -0.05) is 0 Å². The summed E-state index contributed by atoms with van der Waals surface area (Å²) in [5.41, 5.74) is 0.0384.